The molecule has 0 saturated heterocycles. The summed E-state index contributed by atoms with van der Waals surface area (Å²) in [5.41, 5.74) is 1.79. The molecule has 9 heteroatoms. The van der Waals surface area contributed by atoms with Gasteiger partial charge in [-0.05, 0) is 25.0 Å². The fraction of sp³-hybridized carbons (Fsp3) is 0.556. The Morgan fingerprint density at radius 3 is 2.81 bits per heavy atom. The predicted molar refractivity (Wildman–Crippen MR) is 99.7 cm³/mol. The Morgan fingerprint density at radius 1 is 1.33 bits per heavy atom. The minimum atomic E-state index is -0.325. The number of hydrogen-bond acceptors (Lipinski definition) is 4. The minimum Gasteiger partial charge on any atom is -0.349 e. The summed E-state index contributed by atoms with van der Waals surface area (Å²) in [4.78, 5) is 28.2. The molecule has 3 rings (SSSR count). The molecule has 2 aromatic heterocycles. The summed E-state index contributed by atoms with van der Waals surface area (Å²) in [6.07, 6.45) is 4.98. The van der Waals surface area contributed by atoms with Crippen molar-refractivity contribution in [1.29, 1.82) is 0 Å². The molecule has 0 unspecified atom stereocenters. The van der Waals surface area contributed by atoms with Gasteiger partial charge in [-0.15, -0.1) is 0 Å². The monoisotopic (exact) mass is 373 g/mol. The second-order valence-corrected chi connectivity index (χ2v) is 6.93. The Bertz CT molecular complexity index is 782. The number of rotatable bonds is 5. The molecule has 27 heavy (non-hydrogen) atoms. The van der Waals surface area contributed by atoms with Crippen molar-refractivity contribution in [2.24, 2.45) is 0 Å². The van der Waals surface area contributed by atoms with Gasteiger partial charge in [0.05, 0.1) is 24.5 Å². The highest BCUT2D eigenvalue weighted by atomic mass is 16.2. The number of carbonyl (C=O) groups is 2. The fourth-order valence-corrected chi connectivity index (χ4v) is 3.31. The van der Waals surface area contributed by atoms with Crippen molar-refractivity contribution in [3.63, 3.8) is 0 Å². The zero-order valence-corrected chi connectivity index (χ0v) is 16.1. The number of urea groups is 1. The van der Waals surface area contributed by atoms with E-state index in [2.05, 4.69) is 15.5 Å². The number of hydrogen-bond donors (Lipinski definition) is 1. The zero-order valence-electron chi connectivity index (χ0n) is 16.1. The summed E-state index contributed by atoms with van der Waals surface area (Å²) in [5.74, 6) is -0.0752. The normalized spacial score (nSPS) is 15.0. The van der Waals surface area contributed by atoms with Gasteiger partial charge in [0.1, 0.15) is 6.04 Å². The Labute approximate surface area is 158 Å². The molecule has 1 N–H and O–H groups in total. The van der Waals surface area contributed by atoms with Crippen LogP contribution in [0.25, 0.3) is 0 Å². The van der Waals surface area contributed by atoms with Gasteiger partial charge in [0.2, 0.25) is 5.91 Å². The summed E-state index contributed by atoms with van der Waals surface area (Å²) in [6.45, 7) is 4.34. The first-order chi connectivity index (χ1) is 13.0. The average molecular weight is 373 g/mol. The summed E-state index contributed by atoms with van der Waals surface area (Å²) in [7, 11) is 3.52. The van der Waals surface area contributed by atoms with Gasteiger partial charge >= 0.3 is 6.03 Å². The third-order valence-electron chi connectivity index (χ3n) is 4.70. The number of amides is 3. The van der Waals surface area contributed by atoms with E-state index in [1.807, 2.05) is 28.6 Å². The van der Waals surface area contributed by atoms with Gasteiger partial charge in [0.25, 0.3) is 0 Å². The third kappa shape index (κ3) is 4.29. The Morgan fingerprint density at radius 2 is 2.15 bits per heavy atom. The molecule has 0 radical (unpaired) electrons. The van der Waals surface area contributed by atoms with Gasteiger partial charge in [-0.1, -0.05) is 6.92 Å². The molecule has 0 saturated carbocycles. The molecule has 2 aromatic rings. The van der Waals surface area contributed by atoms with Crippen molar-refractivity contribution in [2.75, 3.05) is 20.6 Å². The van der Waals surface area contributed by atoms with Gasteiger partial charge in [-0.3, -0.25) is 14.2 Å². The first-order valence-corrected chi connectivity index (χ1v) is 9.28. The average Bonchev–Trinajstić information content (AvgIpc) is 3.26. The fourth-order valence-electron chi connectivity index (χ4n) is 3.31. The molecule has 0 spiro atoms. The molecule has 146 valence electrons. The summed E-state index contributed by atoms with van der Waals surface area (Å²) >= 11 is 0. The highest BCUT2D eigenvalue weighted by Crippen LogP contribution is 2.15. The Balaban J connectivity index is 1.63. The van der Waals surface area contributed by atoms with Crippen molar-refractivity contribution in [1.82, 2.24) is 34.7 Å². The lowest BCUT2D eigenvalue weighted by molar-refractivity contribution is -0.124. The largest absolute Gasteiger partial charge is 0.349 e. The summed E-state index contributed by atoms with van der Waals surface area (Å²) in [6, 6.07) is 3.46. The third-order valence-corrected chi connectivity index (χ3v) is 4.70. The Hall–Kier alpha value is -2.84. The Kier molecular flexibility index (Phi) is 5.78. The standard InChI is InChI=1S/C18H27N7O2/c1-4-16(25-9-5-7-20-25)17(26)19-12-14-11-15-13-23(18(27)22(2)3)8-6-10-24(15)21-14/h5,7,9,11,16H,4,6,8,10,12-13H2,1-3H3,(H,19,26)/t16-/m1/s1. The summed E-state index contributed by atoms with van der Waals surface area (Å²) in [5, 5.41) is 11.7. The number of nitrogens with one attached hydrogen (secondary N) is 1. The topological polar surface area (TPSA) is 88.3 Å². The second kappa shape index (κ2) is 8.24. The second-order valence-electron chi connectivity index (χ2n) is 6.93. The number of nitrogens with zero attached hydrogens (tertiary/aromatic N) is 6. The maximum absolute atomic E-state index is 12.5. The molecule has 1 aliphatic heterocycles. The lowest BCUT2D eigenvalue weighted by atomic mass is 10.2. The van der Waals surface area contributed by atoms with E-state index in [1.165, 1.54) is 0 Å². The first-order valence-electron chi connectivity index (χ1n) is 9.28. The van der Waals surface area contributed by atoms with Crippen LogP contribution in [0, 0.1) is 0 Å². The van der Waals surface area contributed by atoms with Crippen LogP contribution in [0.15, 0.2) is 24.5 Å². The van der Waals surface area contributed by atoms with Crippen LogP contribution in [-0.2, 0) is 24.4 Å². The van der Waals surface area contributed by atoms with Crippen molar-refractivity contribution >= 4 is 11.9 Å². The van der Waals surface area contributed by atoms with Crippen molar-refractivity contribution in [3.05, 3.63) is 35.9 Å². The molecule has 0 fully saturated rings. The van der Waals surface area contributed by atoms with E-state index in [0.29, 0.717) is 26.1 Å². The van der Waals surface area contributed by atoms with Crippen LogP contribution < -0.4 is 5.32 Å². The molecule has 0 aromatic carbocycles. The minimum absolute atomic E-state index is 0.00418. The molecule has 3 amide bonds. The molecular formula is C18H27N7O2. The van der Waals surface area contributed by atoms with Gasteiger partial charge < -0.3 is 15.1 Å². The maximum atomic E-state index is 12.5. The first kappa shape index (κ1) is 18.9. The van der Waals surface area contributed by atoms with Crippen molar-refractivity contribution in [2.45, 2.75) is 45.4 Å². The van der Waals surface area contributed by atoms with Crippen molar-refractivity contribution in [3.8, 4) is 0 Å². The van der Waals surface area contributed by atoms with Gasteiger partial charge in [-0.25, -0.2) is 4.79 Å². The smallest absolute Gasteiger partial charge is 0.319 e. The predicted octanol–water partition coefficient (Wildman–Crippen LogP) is 1.23. The molecule has 0 aliphatic carbocycles. The van der Waals surface area contributed by atoms with E-state index in [0.717, 1.165) is 24.4 Å². The van der Waals surface area contributed by atoms with Gasteiger partial charge in [0.15, 0.2) is 0 Å². The highest BCUT2D eigenvalue weighted by molar-refractivity contribution is 5.80. The quantitative estimate of drug-likeness (QED) is 0.854. The van der Waals surface area contributed by atoms with E-state index in [9.17, 15) is 9.59 Å². The SMILES string of the molecule is CC[C@H](C(=O)NCc1cc2n(n1)CCCN(C(=O)N(C)C)C2)n1cccn1. The number of aromatic nitrogens is 4. The lowest BCUT2D eigenvalue weighted by Gasteiger charge is -2.24. The number of fused-ring (bicyclic) bond motifs is 1. The molecular weight excluding hydrogens is 346 g/mol. The van der Waals surface area contributed by atoms with E-state index in [-0.39, 0.29) is 18.0 Å². The van der Waals surface area contributed by atoms with Gasteiger partial charge in [0, 0.05) is 39.6 Å². The van der Waals surface area contributed by atoms with Crippen LogP contribution in [0.3, 0.4) is 0 Å². The van der Waals surface area contributed by atoms with Crippen LogP contribution in [0.5, 0.6) is 0 Å². The van der Waals surface area contributed by atoms with Crippen LogP contribution in [0.1, 0.15) is 37.2 Å². The van der Waals surface area contributed by atoms with Crippen molar-refractivity contribution < 1.29 is 9.59 Å². The number of aryl methyl sites for hydroxylation is 1. The highest BCUT2D eigenvalue weighted by Gasteiger charge is 2.22. The number of carbonyl (C=O) groups excluding carboxylic acids is 2. The van der Waals surface area contributed by atoms with Crippen LogP contribution >= 0.6 is 0 Å². The van der Waals surface area contributed by atoms with E-state index in [1.54, 1.807) is 36.1 Å². The molecule has 3 heterocycles. The molecule has 9 nitrogen and oxygen atoms in total. The van der Waals surface area contributed by atoms with E-state index in [4.69, 9.17) is 0 Å². The molecule has 1 aliphatic rings. The zero-order chi connectivity index (χ0) is 19.4. The maximum Gasteiger partial charge on any atom is 0.319 e. The molecule has 1 atom stereocenters. The van der Waals surface area contributed by atoms with Gasteiger partial charge in [-0.2, -0.15) is 10.2 Å². The van der Waals surface area contributed by atoms with E-state index >= 15 is 0 Å². The van der Waals surface area contributed by atoms with Crippen LogP contribution in [0.2, 0.25) is 0 Å². The summed E-state index contributed by atoms with van der Waals surface area (Å²) < 4.78 is 3.61. The molecule has 0 bridgehead atoms. The van der Waals surface area contributed by atoms with Crippen LogP contribution in [0.4, 0.5) is 4.79 Å². The lowest BCUT2D eigenvalue weighted by Crippen LogP contribution is -2.38. The van der Waals surface area contributed by atoms with E-state index < -0.39 is 0 Å². The van der Waals surface area contributed by atoms with Crippen LogP contribution in [-0.4, -0.2) is 61.9 Å².